The van der Waals surface area contributed by atoms with Crippen LogP contribution in [0.5, 0.6) is 0 Å². The van der Waals surface area contributed by atoms with Crippen molar-refractivity contribution in [1.82, 2.24) is 5.32 Å². The molecule has 1 rings (SSSR count). The van der Waals surface area contributed by atoms with E-state index < -0.39 is 6.09 Å². The summed E-state index contributed by atoms with van der Waals surface area (Å²) in [6, 6.07) is 0. The first kappa shape index (κ1) is 11.7. The molecule has 0 atom stereocenters. The Kier molecular flexibility index (Phi) is 4.12. The summed E-state index contributed by atoms with van der Waals surface area (Å²) >= 11 is 3.47. The first-order valence-corrected chi connectivity index (χ1v) is 6.27. The van der Waals surface area contributed by atoms with Crippen molar-refractivity contribution in [3.05, 3.63) is 0 Å². The van der Waals surface area contributed by atoms with Crippen LogP contribution in [0.25, 0.3) is 0 Å². The molecule has 14 heavy (non-hydrogen) atoms. The number of amides is 1. The molecule has 0 bridgehead atoms. The van der Waals surface area contributed by atoms with Crippen LogP contribution in [0, 0.1) is 0 Å². The van der Waals surface area contributed by atoms with Gasteiger partial charge in [-0.3, -0.25) is 4.84 Å². The van der Waals surface area contributed by atoms with Crippen molar-refractivity contribution in [2.75, 3.05) is 18.6 Å². The number of nitrogens with one attached hydrogen (secondary N) is 1. The molecular formula is C8H14N2O2S2. The average molecular weight is 234 g/mol. The zero-order chi connectivity index (χ0) is 10.6. The summed E-state index contributed by atoms with van der Waals surface area (Å²) in [5.74, 6) is 2.13. The third-order valence-electron chi connectivity index (χ3n) is 1.72. The minimum absolute atomic E-state index is 0.0447. The van der Waals surface area contributed by atoms with Crippen molar-refractivity contribution in [1.29, 1.82) is 0 Å². The van der Waals surface area contributed by atoms with E-state index >= 15 is 0 Å². The lowest BCUT2D eigenvalue weighted by Gasteiger charge is -2.28. The number of hydrogen-bond acceptors (Lipinski definition) is 5. The lowest BCUT2D eigenvalue weighted by molar-refractivity contribution is 0.153. The van der Waals surface area contributed by atoms with Crippen LogP contribution in [-0.4, -0.2) is 34.4 Å². The van der Waals surface area contributed by atoms with Gasteiger partial charge in [0.2, 0.25) is 0 Å². The number of carbonyl (C=O) groups is 1. The van der Waals surface area contributed by atoms with Gasteiger partial charge in [-0.1, -0.05) is 5.16 Å². The maximum atomic E-state index is 10.8. The monoisotopic (exact) mass is 234 g/mol. The van der Waals surface area contributed by atoms with Crippen LogP contribution < -0.4 is 5.32 Å². The summed E-state index contributed by atoms with van der Waals surface area (Å²) in [7, 11) is 1.51. The van der Waals surface area contributed by atoms with Crippen molar-refractivity contribution in [3.8, 4) is 0 Å². The second kappa shape index (κ2) is 4.93. The van der Waals surface area contributed by atoms with Crippen molar-refractivity contribution < 1.29 is 9.63 Å². The molecule has 0 saturated carbocycles. The predicted octanol–water partition coefficient (Wildman–Crippen LogP) is 1.91. The molecule has 4 nitrogen and oxygen atoms in total. The van der Waals surface area contributed by atoms with Crippen molar-refractivity contribution in [2.45, 2.75) is 18.6 Å². The van der Waals surface area contributed by atoms with E-state index in [0.29, 0.717) is 0 Å². The van der Waals surface area contributed by atoms with E-state index in [2.05, 4.69) is 29.2 Å². The first-order chi connectivity index (χ1) is 6.56. The second-order valence-corrected chi connectivity index (χ2v) is 6.03. The Labute approximate surface area is 92.2 Å². The lowest BCUT2D eigenvalue weighted by Crippen LogP contribution is -2.31. The highest BCUT2D eigenvalue weighted by Gasteiger charge is 2.30. The van der Waals surface area contributed by atoms with Crippen LogP contribution in [0.4, 0.5) is 4.79 Å². The molecule has 1 fully saturated rings. The number of rotatable bonds is 1. The molecule has 0 unspecified atom stereocenters. The fourth-order valence-corrected chi connectivity index (χ4v) is 3.26. The Morgan fingerprint density at radius 1 is 1.57 bits per heavy atom. The van der Waals surface area contributed by atoms with E-state index in [0.717, 1.165) is 16.5 Å². The minimum Gasteiger partial charge on any atom is -0.323 e. The molecule has 0 aliphatic carbocycles. The molecule has 80 valence electrons. The molecule has 1 aliphatic heterocycles. The fourth-order valence-electron chi connectivity index (χ4n) is 0.936. The summed E-state index contributed by atoms with van der Waals surface area (Å²) in [4.78, 5) is 15.5. The van der Waals surface area contributed by atoms with Gasteiger partial charge in [-0.05, 0) is 13.8 Å². The van der Waals surface area contributed by atoms with Crippen LogP contribution >= 0.6 is 23.5 Å². The van der Waals surface area contributed by atoms with Gasteiger partial charge in [-0.15, -0.1) is 23.5 Å². The smallest absolute Gasteiger partial charge is 0.323 e. The summed E-state index contributed by atoms with van der Waals surface area (Å²) in [6.07, 6.45) is -0.524. The number of carbonyl (C=O) groups excluding carboxylic acids is 1. The minimum atomic E-state index is -0.524. The van der Waals surface area contributed by atoms with Crippen molar-refractivity contribution >= 4 is 34.7 Å². The lowest BCUT2D eigenvalue weighted by atomic mass is 10.2. The van der Waals surface area contributed by atoms with E-state index in [9.17, 15) is 4.79 Å². The molecule has 0 radical (unpaired) electrons. The average Bonchev–Trinajstić information content (AvgIpc) is 2.15. The molecule has 0 spiro atoms. The van der Waals surface area contributed by atoms with E-state index in [-0.39, 0.29) is 4.75 Å². The van der Waals surface area contributed by atoms with Gasteiger partial charge in [0.25, 0.3) is 0 Å². The van der Waals surface area contributed by atoms with E-state index in [1.807, 2.05) is 11.8 Å². The van der Waals surface area contributed by atoms with Crippen LogP contribution in [0.2, 0.25) is 0 Å². The Morgan fingerprint density at radius 3 is 2.86 bits per heavy atom. The molecule has 1 N–H and O–H groups in total. The Balaban J connectivity index is 2.60. The summed E-state index contributed by atoms with van der Waals surface area (Å²) in [6.45, 7) is 4.16. The normalized spacial score (nSPS) is 23.2. The van der Waals surface area contributed by atoms with Gasteiger partial charge in [-0.25, -0.2) is 4.79 Å². The third kappa shape index (κ3) is 3.09. The van der Waals surface area contributed by atoms with E-state index in [1.165, 1.54) is 7.05 Å². The standard InChI is InChI=1S/C8H14N2O2S2/c1-8(2)6(13-4-5-14-8)10-12-7(11)9-3/h4-5H2,1-3H3,(H,9,11). The molecule has 1 aliphatic rings. The van der Waals surface area contributed by atoms with Crippen LogP contribution in [0.1, 0.15) is 13.8 Å². The van der Waals surface area contributed by atoms with Gasteiger partial charge in [0.05, 0.1) is 4.75 Å². The molecule has 0 aromatic heterocycles. The highest BCUT2D eigenvalue weighted by Crippen LogP contribution is 2.36. The van der Waals surface area contributed by atoms with Gasteiger partial charge in [-0.2, -0.15) is 0 Å². The van der Waals surface area contributed by atoms with Crippen LogP contribution in [-0.2, 0) is 4.84 Å². The number of oxime groups is 1. The second-order valence-electron chi connectivity index (χ2n) is 3.23. The molecular weight excluding hydrogens is 220 g/mol. The maximum absolute atomic E-state index is 10.8. The number of hydrogen-bond donors (Lipinski definition) is 1. The van der Waals surface area contributed by atoms with Crippen LogP contribution in [0.15, 0.2) is 5.16 Å². The van der Waals surface area contributed by atoms with Crippen molar-refractivity contribution in [2.24, 2.45) is 5.16 Å². The quantitative estimate of drug-likeness (QED) is 0.556. The molecule has 1 heterocycles. The Morgan fingerprint density at radius 2 is 2.29 bits per heavy atom. The highest BCUT2D eigenvalue weighted by atomic mass is 32.2. The molecule has 6 heteroatoms. The van der Waals surface area contributed by atoms with Gasteiger partial charge < -0.3 is 5.32 Å². The number of thioether (sulfide) groups is 2. The van der Waals surface area contributed by atoms with Gasteiger partial charge in [0.1, 0.15) is 5.04 Å². The molecule has 1 saturated heterocycles. The van der Waals surface area contributed by atoms with Crippen molar-refractivity contribution in [3.63, 3.8) is 0 Å². The van der Waals surface area contributed by atoms with Gasteiger partial charge in [0, 0.05) is 18.6 Å². The summed E-state index contributed by atoms with van der Waals surface area (Å²) < 4.78 is -0.0447. The fraction of sp³-hybridized carbons (Fsp3) is 0.750. The largest absolute Gasteiger partial charge is 0.433 e. The summed E-state index contributed by atoms with van der Waals surface area (Å²) in [5.41, 5.74) is 0. The molecule has 0 aromatic carbocycles. The zero-order valence-electron chi connectivity index (χ0n) is 8.49. The van der Waals surface area contributed by atoms with Gasteiger partial charge >= 0.3 is 6.09 Å². The Hall–Kier alpha value is -0.360. The van der Waals surface area contributed by atoms with Crippen LogP contribution in [0.3, 0.4) is 0 Å². The molecule has 1 amide bonds. The SMILES string of the molecule is CNC(=O)ON=C1SCCSC1(C)C. The number of nitrogens with zero attached hydrogens (tertiary/aromatic N) is 1. The summed E-state index contributed by atoms with van der Waals surface area (Å²) in [5, 5.41) is 7.07. The highest BCUT2D eigenvalue weighted by molar-refractivity contribution is 8.18. The third-order valence-corrected chi connectivity index (χ3v) is 4.69. The molecule has 0 aromatic rings. The maximum Gasteiger partial charge on any atom is 0.433 e. The first-order valence-electron chi connectivity index (χ1n) is 4.30. The predicted molar refractivity (Wildman–Crippen MR) is 62.0 cm³/mol. The topological polar surface area (TPSA) is 50.7 Å². The van der Waals surface area contributed by atoms with Gasteiger partial charge in [0.15, 0.2) is 0 Å². The van der Waals surface area contributed by atoms with E-state index in [4.69, 9.17) is 0 Å². The van der Waals surface area contributed by atoms with E-state index in [1.54, 1.807) is 11.8 Å². The zero-order valence-corrected chi connectivity index (χ0v) is 10.1. The Bertz CT molecular complexity index is 254.